The van der Waals surface area contributed by atoms with Crippen LogP contribution < -0.4 is 5.32 Å². The lowest BCUT2D eigenvalue weighted by Crippen LogP contribution is -2.37. The largest absolute Gasteiger partial charge is 0.345 e. The van der Waals surface area contributed by atoms with Gasteiger partial charge in [0.1, 0.15) is 9.77 Å². The SMILES string of the molecule is CC(NC(=O)c1sccc1S(=O)(=O)N1CCc2ccccc2C1)c1ccncc1. The number of fused-ring (bicyclic) bond motifs is 1. The van der Waals surface area contributed by atoms with Crippen molar-refractivity contribution in [2.24, 2.45) is 0 Å². The van der Waals surface area contributed by atoms with Crippen LogP contribution >= 0.6 is 11.3 Å². The summed E-state index contributed by atoms with van der Waals surface area (Å²) in [6, 6.07) is 12.8. The molecule has 0 saturated heterocycles. The van der Waals surface area contributed by atoms with Crippen LogP contribution in [0.4, 0.5) is 0 Å². The molecule has 6 nitrogen and oxygen atoms in total. The summed E-state index contributed by atoms with van der Waals surface area (Å²) in [5, 5.41) is 4.54. The van der Waals surface area contributed by atoms with Gasteiger partial charge in [-0.15, -0.1) is 11.3 Å². The number of amides is 1. The van der Waals surface area contributed by atoms with Crippen LogP contribution in [-0.4, -0.2) is 30.2 Å². The number of benzene rings is 1. The maximum Gasteiger partial charge on any atom is 0.263 e. The molecule has 0 spiro atoms. The smallest absolute Gasteiger partial charge is 0.263 e. The molecule has 1 unspecified atom stereocenters. The summed E-state index contributed by atoms with van der Waals surface area (Å²) in [6.07, 6.45) is 3.99. The second kappa shape index (κ2) is 8.06. The molecule has 1 N–H and O–H groups in total. The number of nitrogens with zero attached hydrogens (tertiary/aromatic N) is 2. The average molecular weight is 428 g/mol. The average Bonchev–Trinajstić information content (AvgIpc) is 3.25. The second-order valence-electron chi connectivity index (χ2n) is 6.95. The van der Waals surface area contributed by atoms with E-state index in [1.165, 1.54) is 15.9 Å². The molecule has 3 aromatic rings. The van der Waals surface area contributed by atoms with Gasteiger partial charge in [0.05, 0.1) is 6.04 Å². The third kappa shape index (κ3) is 3.96. The third-order valence-electron chi connectivity index (χ3n) is 5.10. The van der Waals surface area contributed by atoms with E-state index >= 15 is 0 Å². The first kappa shape index (κ1) is 19.8. The molecular formula is C21H21N3O3S2. The van der Waals surface area contributed by atoms with Gasteiger partial charge in [-0.2, -0.15) is 4.31 Å². The van der Waals surface area contributed by atoms with Crippen LogP contribution in [0.15, 0.2) is 65.1 Å². The number of carbonyl (C=O) groups is 1. The minimum absolute atomic E-state index is 0.0707. The van der Waals surface area contributed by atoms with E-state index in [9.17, 15) is 13.2 Å². The molecule has 0 radical (unpaired) electrons. The summed E-state index contributed by atoms with van der Waals surface area (Å²) in [6.45, 7) is 2.59. The van der Waals surface area contributed by atoms with Crippen molar-refractivity contribution in [1.29, 1.82) is 0 Å². The lowest BCUT2D eigenvalue weighted by Gasteiger charge is -2.28. The molecular weight excluding hydrogens is 406 g/mol. The lowest BCUT2D eigenvalue weighted by atomic mass is 10.0. The Morgan fingerprint density at radius 1 is 1.14 bits per heavy atom. The van der Waals surface area contributed by atoms with Crippen molar-refractivity contribution in [2.45, 2.75) is 30.8 Å². The summed E-state index contributed by atoms with van der Waals surface area (Å²) in [5.74, 6) is -0.389. The molecule has 2 aromatic heterocycles. The van der Waals surface area contributed by atoms with Crippen molar-refractivity contribution in [3.8, 4) is 0 Å². The number of thiophene rings is 1. The fraction of sp³-hybridized carbons (Fsp3) is 0.238. The number of sulfonamides is 1. The zero-order valence-corrected chi connectivity index (χ0v) is 17.5. The minimum Gasteiger partial charge on any atom is -0.345 e. The molecule has 1 aromatic carbocycles. The molecule has 29 heavy (non-hydrogen) atoms. The summed E-state index contributed by atoms with van der Waals surface area (Å²) in [4.78, 5) is 17.1. The number of hydrogen-bond donors (Lipinski definition) is 1. The van der Waals surface area contributed by atoms with Crippen LogP contribution in [0.25, 0.3) is 0 Å². The predicted molar refractivity (Wildman–Crippen MR) is 112 cm³/mol. The van der Waals surface area contributed by atoms with Gasteiger partial charge >= 0.3 is 0 Å². The Morgan fingerprint density at radius 3 is 2.62 bits per heavy atom. The second-order valence-corrected chi connectivity index (χ2v) is 9.77. The van der Waals surface area contributed by atoms with Crippen molar-refractivity contribution >= 4 is 27.3 Å². The highest BCUT2D eigenvalue weighted by molar-refractivity contribution is 7.89. The van der Waals surface area contributed by atoms with E-state index in [0.717, 1.165) is 22.5 Å². The molecule has 0 bridgehead atoms. The van der Waals surface area contributed by atoms with Gasteiger partial charge in [-0.25, -0.2) is 8.42 Å². The summed E-state index contributed by atoms with van der Waals surface area (Å²) in [7, 11) is -3.76. The number of hydrogen-bond acceptors (Lipinski definition) is 5. The molecule has 1 atom stereocenters. The number of carbonyl (C=O) groups excluding carboxylic acids is 1. The van der Waals surface area contributed by atoms with Crippen LogP contribution in [0.5, 0.6) is 0 Å². The molecule has 0 saturated carbocycles. The van der Waals surface area contributed by atoms with E-state index in [1.54, 1.807) is 17.8 Å². The molecule has 8 heteroatoms. The fourth-order valence-corrected chi connectivity index (χ4v) is 6.20. The van der Waals surface area contributed by atoms with E-state index in [4.69, 9.17) is 0 Å². The molecule has 150 valence electrons. The molecule has 0 aliphatic carbocycles. The Labute approximate surface area is 174 Å². The standard InChI is InChI=1S/C21H21N3O3S2/c1-15(16-6-10-22-11-7-16)23-21(25)20-19(9-13-28-20)29(26,27)24-12-8-17-4-2-3-5-18(17)14-24/h2-7,9-11,13,15H,8,12,14H2,1H3,(H,23,25). The lowest BCUT2D eigenvalue weighted by molar-refractivity contribution is 0.0941. The van der Waals surface area contributed by atoms with Crippen LogP contribution in [0.1, 0.15) is 39.3 Å². The van der Waals surface area contributed by atoms with E-state index in [2.05, 4.69) is 10.3 Å². The summed E-state index contributed by atoms with van der Waals surface area (Å²) >= 11 is 1.14. The zero-order valence-electron chi connectivity index (χ0n) is 15.9. The van der Waals surface area contributed by atoms with Crippen molar-refractivity contribution < 1.29 is 13.2 Å². The maximum atomic E-state index is 13.3. The van der Waals surface area contributed by atoms with Gasteiger partial charge in [-0.3, -0.25) is 9.78 Å². The minimum atomic E-state index is -3.76. The molecule has 3 heterocycles. The van der Waals surface area contributed by atoms with Crippen molar-refractivity contribution in [2.75, 3.05) is 6.54 Å². The van der Waals surface area contributed by atoms with Gasteiger partial charge in [-0.05, 0) is 53.6 Å². The zero-order chi connectivity index (χ0) is 20.4. The fourth-order valence-electron chi connectivity index (χ4n) is 3.48. The topological polar surface area (TPSA) is 79.4 Å². The highest BCUT2D eigenvalue weighted by Crippen LogP contribution is 2.29. The van der Waals surface area contributed by atoms with Gasteiger partial charge in [-0.1, -0.05) is 24.3 Å². The molecule has 4 rings (SSSR count). The van der Waals surface area contributed by atoms with Crippen LogP contribution in [0.2, 0.25) is 0 Å². The van der Waals surface area contributed by atoms with Gasteiger partial charge in [0.15, 0.2) is 0 Å². The van der Waals surface area contributed by atoms with Crippen LogP contribution in [0.3, 0.4) is 0 Å². The van der Waals surface area contributed by atoms with E-state index < -0.39 is 10.0 Å². The Hall–Kier alpha value is -2.55. The van der Waals surface area contributed by atoms with E-state index in [-0.39, 0.29) is 21.7 Å². The number of nitrogens with one attached hydrogen (secondary N) is 1. The Kier molecular flexibility index (Phi) is 5.49. The van der Waals surface area contributed by atoms with Gasteiger partial charge in [0.25, 0.3) is 5.91 Å². The van der Waals surface area contributed by atoms with Crippen LogP contribution in [0, 0.1) is 0 Å². The van der Waals surface area contributed by atoms with Crippen LogP contribution in [-0.2, 0) is 23.0 Å². The highest BCUT2D eigenvalue weighted by Gasteiger charge is 2.32. The van der Waals surface area contributed by atoms with E-state index in [1.807, 2.05) is 43.3 Å². The number of rotatable bonds is 5. The molecule has 0 fully saturated rings. The third-order valence-corrected chi connectivity index (χ3v) is 8.03. The highest BCUT2D eigenvalue weighted by atomic mass is 32.2. The molecule has 1 aliphatic heterocycles. The maximum absolute atomic E-state index is 13.3. The Balaban J connectivity index is 1.56. The van der Waals surface area contributed by atoms with E-state index in [0.29, 0.717) is 19.5 Å². The normalized spacial score (nSPS) is 15.5. The Morgan fingerprint density at radius 2 is 1.86 bits per heavy atom. The van der Waals surface area contributed by atoms with Gasteiger partial charge in [0.2, 0.25) is 10.0 Å². The summed E-state index contributed by atoms with van der Waals surface area (Å²) < 4.78 is 28.0. The van der Waals surface area contributed by atoms with Gasteiger partial charge < -0.3 is 5.32 Å². The molecule has 1 aliphatic rings. The first-order valence-corrected chi connectivity index (χ1v) is 11.6. The first-order chi connectivity index (χ1) is 14.0. The summed E-state index contributed by atoms with van der Waals surface area (Å²) in [5.41, 5.74) is 3.09. The quantitative estimate of drug-likeness (QED) is 0.677. The van der Waals surface area contributed by atoms with Crippen molar-refractivity contribution in [3.63, 3.8) is 0 Å². The molecule has 1 amide bonds. The predicted octanol–water partition coefficient (Wildman–Crippen LogP) is 3.38. The monoisotopic (exact) mass is 427 g/mol. The van der Waals surface area contributed by atoms with Crippen molar-refractivity contribution in [1.82, 2.24) is 14.6 Å². The first-order valence-electron chi connectivity index (χ1n) is 9.32. The van der Waals surface area contributed by atoms with Crippen molar-refractivity contribution in [3.05, 3.63) is 81.8 Å². The van der Waals surface area contributed by atoms with Gasteiger partial charge in [0, 0.05) is 25.5 Å². The number of aromatic nitrogens is 1. The Bertz CT molecular complexity index is 1130. The number of pyridine rings is 1.